The normalized spacial score (nSPS) is 15.3. The van der Waals surface area contributed by atoms with E-state index in [1.807, 2.05) is 20.8 Å². The minimum Gasteiger partial charge on any atom is -0.494 e. The Morgan fingerprint density at radius 3 is 2.52 bits per heavy atom. The molecule has 3 atom stereocenters. The lowest BCUT2D eigenvalue weighted by Crippen LogP contribution is -2.59. The van der Waals surface area contributed by atoms with E-state index in [1.165, 1.54) is 25.6 Å². The first-order valence-corrected chi connectivity index (χ1v) is 17.0. The number of aromatic nitrogens is 2. The molecule has 0 saturated carbocycles. The molecule has 3 aromatic carbocycles. The highest BCUT2D eigenvalue weighted by atomic mass is 35.5. The topological polar surface area (TPSA) is 147 Å². The van der Waals surface area contributed by atoms with E-state index in [0.717, 1.165) is 0 Å². The van der Waals surface area contributed by atoms with Crippen molar-refractivity contribution in [2.45, 2.75) is 65.3 Å². The van der Waals surface area contributed by atoms with Gasteiger partial charge in [0, 0.05) is 23.7 Å². The van der Waals surface area contributed by atoms with Crippen LogP contribution in [-0.4, -0.2) is 71.4 Å². The molecule has 1 fully saturated rings. The number of methoxy groups -OCH3 is 1. The maximum absolute atomic E-state index is 13.9. The molecule has 4 aromatic rings. The van der Waals surface area contributed by atoms with Crippen molar-refractivity contribution in [2.75, 3.05) is 31.3 Å². The highest BCUT2D eigenvalue weighted by Crippen LogP contribution is 2.36. The third-order valence-electron chi connectivity index (χ3n) is 8.76. The number of hydrogen-bond acceptors (Lipinski definition) is 9. The van der Waals surface area contributed by atoms with Gasteiger partial charge in [-0.2, -0.15) is 0 Å². The van der Waals surface area contributed by atoms with Crippen LogP contribution in [0.3, 0.4) is 0 Å². The van der Waals surface area contributed by atoms with Gasteiger partial charge < -0.3 is 35.6 Å². The second kappa shape index (κ2) is 17.2. The summed E-state index contributed by atoms with van der Waals surface area (Å²) in [5.74, 6) is -0.0941. The number of carbonyl (C=O) groups is 3. The van der Waals surface area contributed by atoms with Crippen LogP contribution in [0.15, 0.2) is 60.9 Å². The van der Waals surface area contributed by atoms with Gasteiger partial charge in [-0.05, 0) is 74.2 Å². The number of benzene rings is 3. The third-order valence-corrected chi connectivity index (χ3v) is 9.05. The molecule has 1 aliphatic rings. The van der Waals surface area contributed by atoms with E-state index in [9.17, 15) is 18.8 Å². The minimum absolute atomic E-state index is 0. The number of halogens is 3. The molecule has 278 valence electrons. The Kier molecular flexibility index (Phi) is 13.2. The lowest BCUT2D eigenvalue weighted by atomic mass is 9.85. The van der Waals surface area contributed by atoms with E-state index in [0.29, 0.717) is 69.6 Å². The quantitative estimate of drug-likeness (QED) is 0.132. The molecule has 0 bridgehead atoms. The Bertz CT molecular complexity index is 1930. The Morgan fingerprint density at radius 1 is 1.08 bits per heavy atom. The predicted molar refractivity (Wildman–Crippen MR) is 202 cm³/mol. The van der Waals surface area contributed by atoms with Crippen molar-refractivity contribution >= 4 is 69.8 Å². The summed E-state index contributed by atoms with van der Waals surface area (Å²) in [6.07, 6.45) is 2.50. The van der Waals surface area contributed by atoms with Crippen LogP contribution in [0.4, 0.5) is 21.6 Å². The molecule has 5 rings (SSSR count). The number of likely N-dealkylation sites (N-methyl/N-ethyl adjacent to an activating group) is 1. The second-order valence-corrected chi connectivity index (χ2v) is 13.9. The van der Waals surface area contributed by atoms with Crippen molar-refractivity contribution in [2.24, 2.45) is 5.41 Å². The number of likely N-dealkylation sites (tertiary alicyclic amines) is 1. The van der Waals surface area contributed by atoms with Crippen LogP contribution in [0.2, 0.25) is 5.02 Å². The van der Waals surface area contributed by atoms with E-state index in [2.05, 4.69) is 31.2 Å². The van der Waals surface area contributed by atoms with Gasteiger partial charge in [-0.3, -0.25) is 14.4 Å². The van der Waals surface area contributed by atoms with Crippen molar-refractivity contribution in [3.63, 3.8) is 0 Å². The Balaban J connectivity index is 0.00000605. The van der Waals surface area contributed by atoms with Gasteiger partial charge in [0.05, 0.1) is 29.4 Å². The van der Waals surface area contributed by atoms with Crippen LogP contribution < -0.4 is 30.7 Å². The van der Waals surface area contributed by atoms with Gasteiger partial charge in [0.2, 0.25) is 17.7 Å². The fraction of sp³-hybridized carbons (Fsp3) is 0.378. The molecule has 1 saturated heterocycles. The second-order valence-electron chi connectivity index (χ2n) is 13.5. The summed E-state index contributed by atoms with van der Waals surface area (Å²) in [6.45, 7) is 7.88. The van der Waals surface area contributed by atoms with Crippen LogP contribution in [0, 0.1) is 11.2 Å². The van der Waals surface area contributed by atoms with E-state index in [1.54, 1.807) is 61.3 Å². The lowest BCUT2D eigenvalue weighted by Gasteiger charge is -2.36. The molecular weight excluding hydrogens is 712 g/mol. The van der Waals surface area contributed by atoms with Crippen LogP contribution >= 0.6 is 24.0 Å². The molecular formula is C37H44Cl2FN7O5. The average molecular weight is 757 g/mol. The minimum atomic E-state index is -0.835. The lowest BCUT2D eigenvalue weighted by molar-refractivity contribution is -0.143. The Hall–Kier alpha value is -4.72. The zero-order valence-corrected chi connectivity index (χ0v) is 31.5. The van der Waals surface area contributed by atoms with Gasteiger partial charge in [0.1, 0.15) is 48.2 Å². The van der Waals surface area contributed by atoms with E-state index in [4.69, 9.17) is 21.1 Å². The zero-order chi connectivity index (χ0) is 36.9. The van der Waals surface area contributed by atoms with Crippen molar-refractivity contribution in [1.29, 1.82) is 0 Å². The maximum atomic E-state index is 13.9. The number of nitrogens with zero attached hydrogens (tertiary/aromatic N) is 3. The summed E-state index contributed by atoms with van der Waals surface area (Å²) in [5.41, 5.74) is 1.61. The first kappa shape index (κ1) is 40.1. The Labute approximate surface area is 313 Å². The standard InChI is InChI=1S/C37H43ClFN7O5.ClH/c1-21(40-5)34(47)45-32(37(2,3)4)36(49)46-14-8-11-29(46)35(48)44-28-17-25-27(18-31(28)50-6)41-20-42-33(25)43-24-12-13-30(26(38)16-24)51-19-22-9-7-10-23(39)15-22;/h7,9-10,12-13,15-18,20-21,29,32,40H,8,11,14,19H2,1-6H3,(H,44,48)(H,45,47)(H,41,42,43);1H/t21-,29?,32+;/m0./s1. The number of amides is 3. The number of carbonyl (C=O) groups excluding carboxylic acids is 3. The first-order chi connectivity index (χ1) is 24.3. The van der Waals surface area contributed by atoms with E-state index >= 15 is 0 Å². The summed E-state index contributed by atoms with van der Waals surface area (Å²) in [5, 5.41) is 12.9. The number of ether oxygens (including phenoxy) is 2. The SMILES string of the molecule is CN[C@@H](C)C(=O)N[C@H](C(=O)N1CCCC1C(=O)Nc1cc2c(Nc3ccc(OCc4cccc(F)c4)c(Cl)c3)ncnc2cc1OC)C(C)(C)C.Cl. The fourth-order valence-corrected chi connectivity index (χ4v) is 6.04. The third kappa shape index (κ3) is 9.38. The summed E-state index contributed by atoms with van der Waals surface area (Å²) in [4.78, 5) is 50.9. The molecule has 0 spiro atoms. The molecule has 1 unspecified atom stereocenters. The number of nitrogens with one attached hydrogen (secondary N) is 4. The molecule has 3 amide bonds. The van der Waals surface area contributed by atoms with Crippen LogP contribution in [0.1, 0.15) is 46.1 Å². The van der Waals surface area contributed by atoms with Gasteiger partial charge in [-0.1, -0.05) is 44.5 Å². The fourth-order valence-electron chi connectivity index (χ4n) is 5.80. The van der Waals surface area contributed by atoms with E-state index in [-0.39, 0.29) is 42.6 Å². The molecule has 0 radical (unpaired) electrons. The smallest absolute Gasteiger partial charge is 0.247 e. The van der Waals surface area contributed by atoms with Crippen molar-refractivity contribution in [1.82, 2.24) is 25.5 Å². The largest absolute Gasteiger partial charge is 0.494 e. The van der Waals surface area contributed by atoms with Crippen LogP contribution in [-0.2, 0) is 21.0 Å². The summed E-state index contributed by atoms with van der Waals surface area (Å²) < 4.78 is 25.0. The monoisotopic (exact) mass is 755 g/mol. The molecule has 15 heteroatoms. The Morgan fingerprint density at radius 2 is 1.85 bits per heavy atom. The maximum Gasteiger partial charge on any atom is 0.247 e. The van der Waals surface area contributed by atoms with Crippen molar-refractivity contribution < 1.29 is 28.2 Å². The molecule has 52 heavy (non-hydrogen) atoms. The van der Waals surface area contributed by atoms with Gasteiger partial charge in [-0.25, -0.2) is 14.4 Å². The zero-order valence-electron chi connectivity index (χ0n) is 29.9. The van der Waals surface area contributed by atoms with Crippen molar-refractivity contribution in [3.05, 3.63) is 77.3 Å². The summed E-state index contributed by atoms with van der Waals surface area (Å²) >= 11 is 6.53. The van der Waals surface area contributed by atoms with Gasteiger partial charge in [0.25, 0.3) is 0 Å². The van der Waals surface area contributed by atoms with Gasteiger partial charge in [0.15, 0.2) is 0 Å². The highest BCUT2D eigenvalue weighted by Gasteiger charge is 2.42. The highest BCUT2D eigenvalue weighted by molar-refractivity contribution is 6.32. The summed E-state index contributed by atoms with van der Waals surface area (Å²) in [6, 6.07) is 12.6. The number of rotatable bonds is 12. The molecule has 12 nitrogen and oxygen atoms in total. The van der Waals surface area contributed by atoms with Gasteiger partial charge >= 0.3 is 0 Å². The van der Waals surface area contributed by atoms with Gasteiger partial charge in [-0.15, -0.1) is 12.4 Å². The van der Waals surface area contributed by atoms with Crippen LogP contribution in [0.25, 0.3) is 10.9 Å². The van der Waals surface area contributed by atoms with Crippen molar-refractivity contribution in [3.8, 4) is 11.5 Å². The molecule has 2 heterocycles. The van der Waals surface area contributed by atoms with Crippen LogP contribution in [0.5, 0.6) is 11.5 Å². The average Bonchev–Trinajstić information content (AvgIpc) is 3.59. The van der Waals surface area contributed by atoms with E-state index < -0.39 is 23.5 Å². The molecule has 1 aliphatic heterocycles. The molecule has 4 N–H and O–H groups in total. The molecule has 0 aliphatic carbocycles. The number of anilines is 3. The summed E-state index contributed by atoms with van der Waals surface area (Å²) in [7, 11) is 3.17. The number of fused-ring (bicyclic) bond motifs is 1. The number of hydrogen-bond donors (Lipinski definition) is 4. The first-order valence-electron chi connectivity index (χ1n) is 16.6. The molecule has 1 aromatic heterocycles. The predicted octanol–water partition coefficient (Wildman–Crippen LogP) is 6.24.